The minimum absolute atomic E-state index is 0.775. The van der Waals surface area contributed by atoms with Gasteiger partial charge in [0.2, 0.25) is 15.0 Å². The average molecular weight is 1810 g/mol. The monoisotopic (exact) mass is 1810 g/mol. The van der Waals surface area contributed by atoms with E-state index in [1.165, 1.54) is 0 Å². The first-order chi connectivity index (χ1) is 49.8. The Balaban J connectivity index is 0.000000147. The van der Waals surface area contributed by atoms with Gasteiger partial charge >= 0.3 is 0 Å². The molecule has 9 aliphatic rings. The molecule has 0 unspecified atom stereocenters. The molecule has 0 aliphatic carbocycles. The SMILES string of the molecule is CP1(C)=NP(C)(C)=NP2(=N1)NCCNP1(=NP(C)(C)=NP(C)(C)=N1)NCCN2.CP1(C)=NP(C)(C)=NP2(=N1)Nc1cc3ccccc3cc1NP1(=NP(C)(C)=NP(C)(C)=N1)Nc1cc3ccccc3cc1N2.CP1(C)=NP(C)(C)=NP2(=N1)Nc1ccccc1NP1(=NP(C)(C)=NP(C)(C)=N1)Nc1ccccc1N2. The van der Waals surface area contributed by atoms with Crippen molar-refractivity contribution in [1.29, 1.82) is 0 Å². The molecular formula is C60H112N30P18. The zero-order valence-corrected chi connectivity index (χ0v) is 82.6. The van der Waals surface area contributed by atoms with Crippen LogP contribution in [0.15, 0.2) is 203 Å². The van der Waals surface area contributed by atoms with Crippen molar-refractivity contribution in [2.45, 2.75) is 0 Å². The third kappa shape index (κ3) is 20.6. The fourth-order valence-corrected chi connectivity index (χ4v) is 90.3. The molecule has 1 fully saturated rings. The first-order valence-corrected chi connectivity index (χ1v) is 76.4. The van der Waals surface area contributed by atoms with Crippen LogP contribution >= 0.6 is 132 Å². The summed E-state index contributed by atoms with van der Waals surface area (Å²) in [6.45, 7) is 55.5. The van der Waals surface area contributed by atoms with Crippen LogP contribution in [-0.4, -0.2) is 186 Å². The molecule has 9 aliphatic heterocycles. The van der Waals surface area contributed by atoms with E-state index in [4.69, 9.17) is 81.3 Å². The van der Waals surface area contributed by atoms with E-state index in [0.29, 0.717) is 0 Å². The number of fused-ring (bicyclic) bond motifs is 6. The second-order valence-electron chi connectivity index (χ2n) is 32.4. The summed E-state index contributed by atoms with van der Waals surface area (Å²) < 4.78 is 94.2. The van der Waals surface area contributed by atoms with E-state index in [1.54, 1.807) is 0 Å². The highest BCUT2D eigenvalue weighted by Gasteiger charge is 2.40. The summed E-state index contributed by atoms with van der Waals surface area (Å²) in [6.07, 6.45) is 0. The molecule has 0 amide bonds. The normalized spacial score (nSPS) is 25.8. The number of hydrogen-bond acceptors (Lipinski definition) is 30. The van der Waals surface area contributed by atoms with E-state index in [1.807, 2.05) is 24.3 Å². The maximum Gasteiger partial charge on any atom is 0.262 e. The molecule has 6 aromatic carbocycles. The summed E-state index contributed by atoms with van der Waals surface area (Å²) in [6, 6.07) is 42.2. The molecule has 0 radical (unpaired) electrons. The Morgan fingerprint density at radius 3 is 0.509 bits per heavy atom. The number of rotatable bonds is 0. The average Bonchev–Trinajstić information content (AvgIpc) is 0.719. The van der Waals surface area contributed by atoms with E-state index < -0.39 is 132 Å². The van der Waals surface area contributed by atoms with Crippen LogP contribution in [0.3, 0.4) is 0 Å². The Morgan fingerprint density at radius 1 is 0.176 bits per heavy atom. The molecule has 108 heavy (non-hydrogen) atoms. The van der Waals surface area contributed by atoms with Crippen LogP contribution in [0.2, 0.25) is 0 Å². The Bertz CT molecular complexity index is 5350. The van der Waals surface area contributed by atoms with Crippen molar-refractivity contribution in [1.82, 2.24) is 20.3 Å². The minimum atomic E-state index is -2.75. The molecule has 15 rings (SSSR count). The highest BCUT2D eigenvalue weighted by atomic mass is 31.3. The first kappa shape index (κ1) is 84.1. The fourth-order valence-electron chi connectivity index (χ4n) is 14.6. The number of nitrogens with zero attached hydrogens (tertiary/aromatic N) is 18. The van der Waals surface area contributed by atoms with Gasteiger partial charge in [0.05, 0.1) is 132 Å². The van der Waals surface area contributed by atoms with Crippen LogP contribution in [0.25, 0.3) is 21.5 Å². The molecule has 12 N–H and O–H groups in total. The maximum absolute atomic E-state index is 5.48. The molecular weight excluding hydrogens is 1700 g/mol. The third-order valence-corrected chi connectivity index (χ3v) is 77.8. The smallest absolute Gasteiger partial charge is 0.262 e. The lowest BCUT2D eigenvalue weighted by atomic mass is 10.1. The minimum Gasteiger partial charge on any atom is -0.317 e. The molecule has 1 saturated heterocycles. The van der Waals surface area contributed by atoms with Crippen molar-refractivity contribution >= 4 is 199 Å². The molecule has 592 valence electrons. The van der Waals surface area contributed by atoms with Gasteiger partial charge in [-0.2, -0.15) is 0 Å². The van der Waals surface area contributed by atoms with Crippen molar-refractivity contribution in [3.05, 3.63) is 121 Å². The van der Waals surface area contributed by atoms with Crippen LogP contribution in [0.1, 0.15) is 0 Å². The summed E-state index contributed by atoms with van der Waals surface area (Å²) in [5.74, 6) is 0. The first-order valence-electron chi connectivity index (χ1n) is 35.1. The lowest BCUT2D eigenvalue weighted by molar-refractivity contribution is 0.770. The van der Waals surface area contributed by atoms with E-state index in [9.17, 15) is 0 Å². The molecule has 6 aromatic rings. The largest absolute Gasteiger partial charge is 0.317 e. The summed E-state index contributed by atoms with van der Waals surface area (Å²) in [5.41, 5.74) is 7.49. The van der Waals surface area contributed by atoms with Gasteiger partial charge in [0.25, 0.3) is 30.0 Å². The van der Waals surface area contributed by atoms with Gasteiger partial charge in [-0.1, -0.05) is 72.8 Å². The number of benzene rings is 6. The van der Waals surface area contributed by atoms with Crippen molar-refractivity contribution in [2.24, 2.45) is 81.3 Å². The summed E-state index contributed by atoms with van der Waals surface area (Å²) in [5, 5.41) is 50.2. The van der Waals surface area contributed by atoms with Gasteiger partial charge in [-0.15, -0.1) is 0 Å². The van der Waals surface area contributed by atoms with Gasteiger partial charge in [-0.25, -0.2) is 81.3 Å². The van der Waals surface area contributed by atoms with Gasteiger partial charge in [0.15, 0.2) is 0 Å². The topological polar surface area (TPSA) is 367 Å². The maximum atomic E-state index is 5.48. The van der Waals surface area contributed by atoms with Crippen LogP contribution < -0.4 is 61.0 Å². The lowest BCUT2D eigenvalue weighted by Crippen LogP contribution is -2.36. The van der Waals surface area contributed by atoms with E-state index in [0.717, 1.165) is 93.2 Å². The number of para-hydroxylation sites is 4. The van der Waals surface area contributed by atoms with Crippen LogP contribution in [0.5, 0.6) is 0 Å². The second-order valence-corrected chi connectivity index (χ2v) is 87.6. The Hall–Kier alpha value is -1.78. The molecule has 0 aromatic heterocycles. The van der Waals surface area contributed by atoms with Crippen molar-refractivity contribution in [3.63, 3.8) is 0 Å². The van der Waals surface area contributed by atoms with Gasteiger partial charge < -0.3 is 40.7 Å². The van der Waals surface area contributed by atoms with E-state index in [-0.39, 0.29) is 0 Å². The Kier molecular flexibility index (Phi) is 23.1. The number of anilines is 8. The highest BCUT2D eigenvalue weighted by molar-refractivity contribution is 7.91. The predicted molar refractivity (Wildman–Crippen MR) is 512 cm³/mol. The van der Waals surface area contributed by atoms with Gasteiger partial charge in [0, 0.05) is 26.2 Å². The lowest BCUT2D eigenvalue weighted by Gasteiger charge is -2.38. The zero-order chi connectivity index (χ0) is 78.1. The van der Waals surface area contributed by atoms with E-state index in [2.05, 4.69) is 318 Å². The summed E-state index contributed by atoms with van der Waals surface area (Å²) in [7, 11) is -37.1. The van der Waals surface area contributed by atoms with Crippen LogP contribution in [-0.2, 0) is 0 Å². The van der Waals surface area contributed by atoms with Crippen LogP contribution in [0, 0.1) is 0 Å². The predicted octanol–water partition coefficient (Wildman–Crippen LogP) is 29.0. The molecule has 9 heterocycles. The summed E-state index contributed by atoms with van der Waals surface area (Å²) in [4.78, 5) is 0. The Labute approximate surface area is 643 Å². The van der Waals surface area contributed by atoms with E-state index >= 15 is 0 Å². The van der Waals surface area contributed by atoms with Gasteiger partial charge in [-0.05, 0) is 230 Å². The van der Waals surface area contributed by atoms with Gasteiger partial charge in [-0.3, -0.25) is 20.3 Å². The fraction of sp³-hybridized carbons (Fsp3) is 0.467. The molecule has 0 atom stereocenters. The van der Waals surface area contributed by atoms with Crippen molar-refractivity contribution < 1.29 is 0 Å². The quantitative estimate of drug-likeness (QED) is 0.0632. The standard InChI is InChI=1S/C28H40N10P6.C20H36N10P6.C12H36N10P6/c1-39(2)33-40(3,4)36-43(35-39)29-25-17-21-13-9-11-15-23(21)19-27(25)31-44(37-41(5,6)34-42(7,8)38-44)32-28-20-24-16-12-10-14-22(24)18-26(28)30-43;1-31(2)25-32(3,4)28-35(27-31)21-17-13-9-11-15-19(17)23-36(24-20-16-12-10-14-18(20)22-35)29-33(5,6)26-34(7,8)30-36;1-23(2)17-24(3,4)20-27(19-23)13-9-11-15-28(16-12-10-14-27)21-25(5,6)18-26(7,8)22-28/h9-20,29-32H,1-8H3;9-16,21-24H,1-8H3;13-16H,9-12H2,1-8H3. The van der Waals surface area contributed by atoms with Crippen molar-refractivity contribution in [3.8, 4) is 0 Å². The summed E-state index contributed by atoms with van der Waals surface area (Å²) >= 11 is 0. The molecule has 6 spiro atoms. The van der Waals surface area contributed by atoms with Gasteiger partial charge in [0.1, 0.15) is 0 Å². The molecule has 0 bridgehead atoms. The zero-order valence-electron chi connectivity index (χ0n) is 66.5. The number of nitrogens with one attached hydrogen (secondary N) is 12. The second kappa shape index (κ2) is 29.7. The molecule has 0 saturated carbocycles. The van der Waals surface area contributed by atoms with Crippen LogP contribution in [0.4, 0.5) is 45.5 Å². The third-order valence-electron chi connectivity index (χ3n) is 16.2. The highest BCUT2D eigenvalue weighted by Crippen LogP contribution is 2.81. The molecule has 30 nitrogen and oxygen atoms in total. The molecule has 48 heteroatoms. The Morgan fingerprint density at radius 2 is 0.324 bits per heavy atom. The van der Waals surface area contributed by atoms with Crippen molar-refractivity contribution in [2.75, 3.05) is 227 Å². The number of hydrogen-bond donors (Lipinski definition) is 12.